The second-order valence-electron chi connectivity index (χ2n) is 5.43. The zero-order valence-electron chi connectivity index (χ0n) is 13.8. The molecule has 0 radical (unpaired) electrons. The molecule has 0 heterocycles. The first-order chi connectivity index (χ1) is 9.98. The molecule has 0 aliphatic heterocycles. The van der Waals surface area contributed by atoms with Gasteiger partial charge in [-0.25, -0.2) is 4.39 Å². The Labute approximate surface area is 149 Å². The molecule has 1 aromatic rings. The summed E-state index contributed by atoms with van der Waals surface area (Å²) >= 11 is 0. The van der Waals surface area contributed by atoms with Gasteiger partial charge in [-0.15, -0.1) is 24.0 Å². The number of methoxy groups -OCH3 is 1. The van der Waals surface area contributed by atoms with Crippen LogP contribution in [0.1, 0.15) is 26.3 Å². The first-order valence-corrected chi connectivity index (χ1v) is 7.29. The van der Waals surface area contributed by atoms with E-state index in [1.165, 1.54) is 6.07 Å². The van der Waals surface area contributed by atoms with Crippen LogP contribution in [0.2, 0.25) is 0 Å². The van der Waals surface area contributed by atoms with Gasteiger partial charge < -0.3 is 15.4 Å². The molecule has 0 spiro atoms. The summed E-state index contributed by atoms with van der Waals surface area (Å²) in [7, 11) is 1.67. The van der Waals surface area contributed by atoms with Crippen LogP contribution >= 0.6 is 24.0 Å². The number of rotatable bonds is 7. The zero-order chi connectivity index (χ0) is 15.7. The van der Waals surface area contributed by atoms with E-state index in [9.17, 15) is 4.39 Å². The van der Waals surface area contributed by atoms with Crippen molar-refractivity contribution in [1.82, 2.24) is 10.6 Å². The Hall–Kier alpha value is -0.890. The van der Waals surface area contributed by atoms with Crippen LogP contribution in [-0.4, -0.2) is 38.3 Å². The van der Waals surface area contributed by atoms with E-state index in [2.05, 4.69) is 15.6 Å². The van der Waals surface area contributed by atoms with Gasteiger partial charge in [0.15, 0.2) is 5.96 Å². The lowest BCUT2D eigenvalue weighted by molar-refractivity contribution is 0.0310. The summed E-state index contributed by atoms with van der Waals surface area (Å²) in [4.78, 5) is 4.49. The van der Waals surface area contributed by atoms with Gasteiger partial charge in [-0.3, -0.25) is 4.99 Å². The second kappa shape index (κ2) is 10.8. The Morgan fingerprint density at radius 2 is 1.95 bits per heavy atom. The summed E-state index contributed by atoms with van der Waals surface area (Å²) in [6, 6.07) is 6.83. The molecule has 0 aliphatic rings. The number of halogens is 2. The van der Waals surface area contributed by atoms with Crippen molar-refractivity contribution in [2.75, 3.05) is 26.7 Å². The summed E-state index contributed by atoms with van der Waals surface area (Å²) in [5.41, 5.74) is 0.409. The standard InChI is InChI=1S/C16H26FN3O.HI/c1-5-18-15(20-12-16(2,3)21-4)19-11-10-13-8-6-7-9-14(13)17;/h6-9H,5,10-12H2,1-4H3,(H2,18,19,20);1H. The monoisotopic (exact) mass is 423 g/mol. The minimum absolute atomic E-state index is 0. The molecule has 22 heavy (non-hydrogen) atoms. The molecule has 0 saturated carbocycles. The van der Waals surface area contributed by atoms with E-state index in [1.54, 1.807) is 19.2 Å². The van der Waals surface area contributed by atoms with E-state index in [4.69, 9.17) is 4.74 Å². The van der Waals surface area contributed by atoms with E-state index >= 15 is 0 Å². The van der Waals surface area contributed by atoms with Gasteiger partial charge >= 0.3 is 0 Å². The number of ether oxygens (including phenoxy) is 1. The molecular weight excluding hydrogens is 396 g/mol. The van der Waals surface area contributed by atoms with Gasteiger partial charge in [-0.05, 0) is 38.8 Å². The fourth-order valence-corrected chi connectivity index (χ4v) is 1.69. The van der Waals surface area contributed by atoms with Crippen LogP contribution < -0.4 is 10.6 Å². The smallest absolute Gasteiger partial charge is 0.191 e. The van der Waals surface area contributed by atoms with Gasteiger partial charge in [0.25, 0.3) is 0 Å². The molecule has 126 valence electrons. The van der Waals surface area contributed by atoms with Crippen LogP contribution in [0, 0.1) is 5.82 Å². The van der Waals surface area contributed by atoms with Crippen molar-refractivity contribution in [2.24, 2.45) is 4.99 Å². The second-order valence-corrected chi connectivity index (χ2v) is 5.43. The summed E-state index contributed by atoms with van der Waals surface area (Å²) in [5.74, 6) is 0.556. The molecular formula is C16H27FIN3O. The van der Waals surface area contributed by atoms with E-state index < -0.39 is 0 Å². The lowest BCUT2D eigenvalue weighted by Crippen LogP contribution is -2.40. The average molecular weight is 423 g/mol. The quantitative estimate of drug-likeness (QED) is 0.403. The number of nitrogens with one attached hydrogen (secondary N) is 2. The normalized spacial score (nSPS) is 11.8. The number of aliphatic imine (C=N–C) groups is 1. The molecule has 0 aromatic heterocycles. The first-order valence-electron chi connectivity index (χ1n) is 7.29. The maximum Gasteiger partial charge on any atom is 0.191 e. The molecule has 0 amide bonds. The molecule has 4 nitrogen and oxygen atoms in total. The molecule has 0 saturated heterocycles. The number of hydrogen-bond acceptors (Lipinski definition) is 2. The summed E-state index contributed by atoms with van der Waals surface area (Å²) in [6.45, 7) is 7.94. The first kappa shape index (κ1) is 21.1. The van der Waals surface area contributed by atoms with Crippen molar-refractivity contribution in [3.05, 3.63) is 35.6 Å². The van der Waals surface area contributed by atoms with Crippen molar-refractivity contribution >= 4 is 29.9 Å². The molecule has 0 aliphatic carbocycles. The Kier molecular flexibility index (Phi) is 10.3. The average Bonchev–Trinajstić information content (AvgIpc) is 2.47. The van der Waals surface area contributed by atoms with Crippen molar-refractivity contribution < 1.29 is 9.13 Å². The third kappa shape index (κ3) is 7.93. The molecule has 2 N–H and O–H groups in total. The highest BCUT2D eigenvalue weighted by molar-refractivity contribution is 14.0. The van der Waals surface area contributed by atoms with Gasteiger partial charge in [0.1, 0.15) is 5.82 Å². The molecule has 0 atom stereocenters. The highest BCUT2D eigenvalue weighted by Crippen LogP contribution is 2.07. The summed E-state index contributed by atoms with van der Waals surface area (Å²) in [5, 5.41) is 6.38. The van der Waals surface area contributed by atoms with Gasteiger partial charge in [0, 0.05) is 20.2 Å². The lowest BCUT2D eigenvalue weighted by atomic mass is 10.1. The van der Waals surface area contributed by atoms with E-state index in [0.29, 0.717) is 25.1 Å². The molecule has 0 unspecified atom stereocenters. The lowest BCUT2D eigenvalue weighted by Gasteiger charge is -2.21. The number of benzene rings is 1. The van der Waals surface area contributed by atoms with Gasteiger partial charge in [-0.1, -0.05) is 18.2 Å². The summed E-state index contributed by atoms with van der Waals surface area (Å²) in [6.07, 6.45) is 0.616. The van der Waals surface area contributed by atoms with Gasteiger partial charge in [0.05, 0.1) is 12.1 Å². The molecule has 1 rings (SSSR count). The molecule has 0 bridgehead atoms. The predicted molar refractivity (Wildman–Crippen MR) is 101 cm³/mol. The third-order valence-corrected chi connectivity index (χ3v) is 3.16. The van der Waals surface area contributed by atoms with Crippen LogP contribution in [0.5, 0.6) is 0 Å². The molecule has 1 aromatic carbocycles. The third-order valence-electron chi connectivity index (χ3n) is 3.16. The topological polar surface area (TPSA) is 45.7 Å². The molecule has 0 fully saturated rings. The Bertz CT molecular complexity index is 466. The van der Waals surface area contributed by atoms with Crippen LogP contribution in [0.25, 0.3) is 0 Å². The van der Waals surface area contributed by atoms with E-state index in [0.717, 1.165) is 12.5 Å². The maximum atomic E-state index is 13.5. The van der Waals surface area contributed by atoms with E-state index in [1.807, 2.05) is 26.8 Å². The Morgan fingerprint density at radius 1 is 1.27 bits per heavy atom. The Morgan fingerprint density at radius 3 is 2.55 bits per heavy atom. The number of guanidine groups is 1. The number of nitrogens with zero attached hydrogens (tertiary/aromatic N) is 1. The zero-order valence-corrected chi connectivity index (χ0v) is 16.1. The summed E-state index contributed by atoms with van der Waals surface area (Å²) < 4.78 is 18.9. The fraction of sp³-hybridized carbons (Fsp3) is 0.562. The highest BCUT2D eigenvalue weighted by atomic mass is 127. The molecule has 6 heteroatoms. The van der Waals surface area contributed by atoms with Crippen molar-refractivity contribution in [2.45, 2.75) is 32.8 Å². The largest absolute Gasteiger partial charge is 0.377 e. The SMILES string of the molecule is CCNC(=NCC(C)(C)OC)NCCc1ccccc1F.I. The minimum Gasteiger partial charge on any atom is -0.377 e. The van der Waals surface area contributed by atoms with Crippen LogP contribution in [0.3, 0.4) is 0 Å². The van der Waals surface area contributed by atoms with Gasteiger partial charge in [-0.2, -0.15) is 0 Å². The highest BCUT2D eigenvalue weighted by Gasteiger charge is 2.15. The van der Waals surface area contributed by atoms with Crippen molar-refractivity contribution in [3.8, 4) is 0 Å². The van der Waals surface area contributed by atoms with Crippen molar-refractivity contribution in [3.63, 3.8) is 0 Å². The van der Waals surface area contributed by atoms with Crippen LogP contribution in [0.15, 0.2) is 29.3 Å². The minimum atomic E-state index is -0.298. The Balaban J connectivity index is 0.00000441. The van der Waals surface area contributed by atoms with E-state index in [-0.39, 0.29) is 35.4 Å². The maximum absolute atomic E-state index is 13.5. The van der Waals surface area contributed by atoms with Crippen molar-refractivity contribution in [1.29, 1.82) is 0 Å². The van der Waals surface area contributed by atoms with Crippen LogP contribution in [0.4, 0.5) is 4.39 Å². The number of hydrogen-bond donors (Lipinski definition) is 2. The predicted octanol–water partition coefficient (Wildman–Crippen LogP) is 2.97. The fourth-order valence-electron chi connectivity index (χ4n) is 1.69. The van der Waals surface area contributed by atoms with Gasteiger partial charge in [0.2, 0.25) is 0 Å². The van der Waals surface area contributed by atoms with Crippen LogP contribution in [-0.2, 0) is 11.2 Å².